The van der Waals surface area contributed by atoms with Gasteiger partial charge in [0, 0.05) is 36.9 Å². The molecule has 1 fully saturated rings. The quantitative estimate of drug-likeness (QED) is 0.785. The molecule has 0 spiro atoms. The standard InChI is InChI=1S/C14H15IN4OS/c15-12-7-10(9-21-12)13(20)18-11-3-1-6-19(8-11)14-16-4-2-5-17-14/h2,4-5,7,9,11H,1,3,6,8H2,(H,18,20). The van der Waals surface area contributed by atoms with Gasteiger partial charge in [-0.1, -0.05) is 0 Å². The maximum Gasteiger partial charge on any atom is 0.252 e. The number of amides is 1. The molecule has 1 N–H and O–H groups in total. The van der Waals surface area contributed by atoms with Crippen LogP contribution in [0.2, 0.25) is 0 Å². The van der Waals surface area contributed by atoms with Gasteiger partial charge in [0.25, 0.3) is 5.91 Å². The second kappa shape index (κ2) is 6.69. The molecule has 1 amide bonds. The van der Waals surface area contributed by atoms with Gasteiger partial charge in [-0.15, -0.1) is 11.3 Å². The lowest BCUT2D eigenvalue weighted by Crippen LogP contribution is -2.48. The van der Waals surface area contributed by atoms with Crippen molar-refractivity contribution < 1.29 is 4.79 Å². The van der Waals surface area contributed by atoms with Gasteiger partial charge in [-0.3, -0.25) is 4.79 Å². The summed E-state index contributed by atoms with van der Waals surface area (Å²) in [6.07, 6.45) is 5.52. The number of nitrogens with one attached hydrogen (secondary N) is 1. The Bertz CT molecular complexity index is 618. The number of nitrogens with zero attached hydrogens (tertiary/aromatic N) is 3. The van der Waals surface area contributed by atoms with Gasteiger partial charge in [0.15, 0.2) is 0 Å². The molecule has 1 unspecified atom stereocenters. The number of carbonyl (C=O) groups excluding carboxylic acids is 1. The summed E-state index contributed by atoms with van der Waals surface area (Å²) in [6.45, 7) is 1.70. The highest BCUT2D eigenvalue weighted by atomic mass is 127. The van der Waals surface area contributed by atoms with E-state index in [1.54, 1.807) is 23.7 Å². The summed E-state index contributed by atoms with van der Waals surface area (Å²) in [5.74, 6) is 0.747. The van der Waals surface area contributed by atoms with E-state index in [1.807, 2.05) is 17.5 Å². The summed E-state index contributed by atoms with van der Waals surface area (Å²) in [6, 6.07) is 3.87. The minimum atomic E-state index is 0.00926. The lowest BCUT2D eigenvalue weighted by molar-refractivity contribution is 0.0933. The second-order valence-electron chi connectivity index (χ2n) is 4.95. The lowest BCUT2D eigenvalue weighted by atomic mass is 10.1. The van der Waals surface area contributed by atoms with Crippen LogP contribution in [0, 0.1) is 2.88 Å². The van der Waals surface area contributed by atoms with E-state index in [9.17, 15) is 4.79 Å². The number of halogens is 1. The number of thiophene rings is 1. The Morgan fingerprint density at radius 1 is 1.43 bits per heavy atom. The van der Waals surface area contributed by atoms with Crippen LogP contribution < -0.4 is 10.2 Å². The number of hydrogen-bond donors (Lipinski definition) is 1. The Labute approximate surface area is 140 Å². The van der Waals surface area contributed by atoms with Crippen LogP contribution in [0.15, 0.2) is 29.9 Å². The Balaban J connectivity index is 1.62. The third-order valence-corrected chi connectivity index (χ3v) is 5.21. The van der Waals surface area contributed by atoms with Gasteiger partial charge in [0.2, 0.25) is 5.95 Å². The molecule has 2 aromatic rings. The molecule has 1 saturated heterocycles. The lowest BCUT2D eigenvalue weighted by Gasteiger charge is -2.33. The molecule has 2 aromatic heterocycles. The zero-order chi connectivity index (χ0) is 14.7. The summed E-state index contributed by atoms with van der Waals surface area (Å²) < 4.78 is 1.13. The van der Waals surface area contributed by atoms with Crippen LogP contribution in [-0.4, -0.2) is 35.0 Å². The third-order valence-electron chi connectivity index (χ3n) is 3.42. The van der Waals surface area contributed by atoms with Crippen LogP contribution in [0.3, 0.4) is 0 Å². The Kier molecular flexibility index (Phi) is 4.69. The van der Waals surface area contributed by atoms with E-state index in [4.69, 9.17) is 0 Å². The minimum absolute atomic E-state index is 0.00926. The van der Waals surface area contributed by atoms with Crippen LogP contribution >= 0.6 is 33.9 Å². The molecule has 5 nitrogen and oxygen atoms in total. The predicted octanol–water partition coefficient (Wildman–Crippen LogP) is 2.54. The van der Waals surface area contributed by atoms with Crippen LogP contribution in [0.25, 0.3) is 0 Å². The highest BCUT2D eigenvalue weighted by molar-refractivity contribution is 14.1. The number of hydrogen-bond acceptors (Lipinski definition) is 5. The van der Waals surface area contributed by atoms with Gasteiger partial charge < -0.3 is 10.2 Å². The summed E-state index contributed by atoms with van der Waals surface area (Å²) in [5, 5.41) is 5.02. The van der Waals surface area contributed by atoms with E-state index in [2.05, 4.69) is 42.8 Å². The largest absolute Gasteiger partial charge is 0.347 e. The molecule has 0 bridgehead atoms. The number of anilines is 1. The normalized spacial score (nSPS) is 18.5. The van der Waals surface area contributed by atoms with Crippen molar-refractivity contribution in [3.8, 4) is 0 Å². The van der Waals surface area contributed by atoms with E-state index < -0.39 is 0 Å². The maximum atomic E-state index is 12.2. The van der Waals surface area contributed by atoms with Gasteiger partial charge in [-0.2, -0.15) is 0 Å². The van der Waals surface area contributed by atoms with Crippen molar-refractivity contribution in [2.75, 3.05) is 18.0 Å². The van der Waals surface area contributed by atoms with Crippen molar-refractivity contribution in [1.29, 1.82) is 0 Å². The molecular weight excluding hydrogens is 399 g/mol. The fourth-order valence-electron chi connectivity index (χ4n) is 2.43. The molecule has 1 aliphatic rings. The number of aromatic nitrogens is 2. The van der Waals surface area contributed by atoms with Gasteiger partial charge in [-0.25, -0.2) is 9.97 Å². The van der Waals surface area contributed by atoms with Crippen LogP contribution in [0.4, 0.5) is 5.95 Å². The molecule has 0 radical (unpaired) electrons. The van der Waals surface area contributed by atoms with Gasteiger partial charge >= 0.3 is 0 Å². The van der Waals surface area contributed by atoms with Gasteiger partial charge in [0.05, 0.1) is 8.45 Å². The number of rotatable bonds is 3. The van der Waals surface area contributed by atoms with Gasteiger partial charge in [-0.05, 0) is 47.6 Å². The van der Waals surface area contributed by atoms with E-state index >= 15 is 0 Å². The molecule has 0 saturated carbocycles. The van der Waals surface area contributed by atoms with Crippen LogP contribution in [0.5, 0.6) is 0 Å². The highest BCUT2D eigenvalue weighted by Gasteiger charge is 2.23. The van der Waals surface area contributed by atoms with Crippen molar-refractivity contribution in [3.63, 3.8) is 0 Å². The number of carbonyl (C=O) groups is 1. The molecular formula is C14H15IN4OS. The summed E-state index contributed by atoms with van der Waals surface area (Å²) in [4.78, 5) is 22.9. The summed E-state index contributed by atoms with van der Waals surface area (Å²) in [5.41, 5.74) is 0.748. The van der Waals surface area contributed by atoms with Crippen molar-refractivity contribution in [1.82, 2.24) is 15.3 Å². The van der Waals surface area contributed by atoms with E-state index in [-0.39, 0.29) is 11.9 Å². The first-order valence-electron chi connectivity index (χ1n) is 6.79. The fourth-order valence-corrected chi connectivity index (χ4v) is 3.76. The number of piperidine rings is 1. The van der Waals surface area contributed by atoms with Crippen molar-refractivity contribution in [3.05, 3.63) is 38.4 Å². The molecule has 0 aliphatic carbocycles. The predicted molar refractivity (Wildman–Crippen MR) is 91.8 cm³/mol. The van der Waals surface area contributed by atoms with Gasteiger partial charge in [0.1, 0.15) is 0 Å². The zero-order valence-electron chi connectivity index (χ0n) is 11.3. The molecule has 3 heterocycles. The Morgan fingerprint density at radius 2 is 2.24 bits per heavy atom. The van der Waals surface area contributed by atoms with Crippen molar-refractivity contribution in [2.24, 2.45) is 0 Å². The molecule has 3 rings (SSSR count). The van der Waals surface area contributed by atoms with E-state index in [1.165, 1.54) is 0 Å². The molecule has 1 atom stereocenters. The van der Waals surface area contributed by atoms with E-state index in [0.29, 0.717) is 0 Å². The van der Waals surface area contributed by atoms with Crippen LogP contribution in [0.1, 0.15) is 23.2 Å². The zero-order valence-corrected chi connectivity index (χ0v) is 14.3. The minimum Gasteiger partial charge on any atom is -0.347 e. The molecule has 7 heteroatoms. The van der Waals surface area contributed by atoms with Crippen LogP contribution in [-0.2, 0) is 0 Å². The summed E-state index contributed by atoms with van der Waals surface area (Å²) in [7, 11) is 0. The maximum absolute atomic E-state index is 12.2. The van der Waals surface area contributed by atoms with Crippen molar-refractivity contribution in [2.45, 2.75) is 18.9 Å². The Morgan fingerprint density at radius 3 is 2.95 bits per heavy atom. The van der Waals surface area contributed by atoms with E-state index in [0.717, 1.165) is 40.3 Å². The first-order chi connectivity index (χ1) is 10.2. The average Bonchev–Trinajstić information content (AvgIpc) is 2.95. The SMILES string of the molecule is O=C(NC1CCCN(c2ncccn2)C1)c1csc(I)c1. The topological polar surface area (TPSA) is 58.1 Å². The molecule has 0 aromatic carbocycles. The molecule has 21 heavy (non-hydrogen) atoms. The first kappa shape index (κ1) is 14.7. The average molecular weight is 414 g/mol. The summed E-state index contributed by atoms with van der Waals surface area (Å²) >= 11 is 3.82. The third kappa shape index (κ3) is 3.70. The fraction of sp³-hybridized carbons (Fsp3) is 0.357. The second-order valence-corrected chi connectivity index (χ2v) is 7.75. The Hall–Kier alpha value is -1.22. The molecule has 1 aliphatic heterocycles. The smallest absolute Gasteiger partial charge is 0.252 e. The van der Waals surface area contributed by atoms with Crippen molar-refractivity contribution >= 4 is 45.8 Å². The highest BCUT2D eigenvalue weighted by Crippen LogP contribution is 2.18. The monoisotopic (exact) mass is 414 g/mol. The molecule has 110 valence electrons. The first-order valence-corrected chi connectivity index (χ1v) is 8.75.